The first-order valence-corrected chi connectivity index (χ1v) is 6.74. The third-order valence-corrected chi connectivity index (χ3v) is 3.95. The largest absolute Gasteiger partial charge is 0.429 e. The molecular formula is C14H11NO3S. The Morgan fingerprint density at radius 2 is 1.84 bits per heavy atom. The first kappa shape index (κ1) is 11.0. The molecular weight excluding hydrogens is 262 g/mol. The molecule has 0 aliphatic heterocycles. The summed E-state index contributed by atoms with van der Waals surface area (Å²) in [7, 11) is 0. The lowest BCUT2D eigenvalue weighted by atomic mass is 9.90. The molecule has 1 aliphatic rings. The highest BCUT2D eigenvalue weighted by molar-refractivity contribution is 7.71. The topological polar surface area (TPSA) is 59.1 Å². The summed E-state index contributed by atoms with van der Waals surface area (Å²) >= 11 is 4.98. The molecule has 0 unspecified atom stereocenters. The molecule has 19 heavy (non-hydrogen) atoms. The van der Waals surface area contributed by atoms with Crippen LogP contribution in [-0.4, -0.2) is 4.98 Å². The van der Waals surface area contributed by atoms with Crippen LogP contribution in [0.5, 0.6) is 0 Å². The molecule has 1 aromatic carbocycles. The van der Waals surface area contributed by atoms with Crippen molar-refractivity contribution in [3.8, 4) is 0 Å². The smallest absolute Gasteiger partial charge is 0.339 e. The van der Waals surface area contributed by atoms with Crippen LogP contribution in [0, 0.1) is 4.84 Å². The zero-order valence-corrected chi connectivity index (χ0v) is 10.9. The third-order valence-electron chi connectivity index (χ3n) is 3.76. The Kier molecular flexibility index (Phi) is 2.20. The molecule has 0 fully saturated rings. The summed E-state index contributed by atoms with van der Waals surface area (Å²) in [5, 5.41) is 0.994. The van der Waals surface area contributed by atoms with Crippen molar-refractivity contribution in [3.63, 3.8) is 0 Å². The van der Waals surface area contributed by atoms with Crippen LogP contribution in [0.4, 0.5) is 0 Å². The van der Waals surface area contributed by atoms with Gasteiger partial charge in [0.25, 0.3) is 4.84 Å². The average molecular weight is 273 g/mol. The highest BCUT2D eigenvalue weighted by atomic mass is 32.1. The SMILES string of the molecule is O=c1oc2cc3oc(=S)[nH]c3cc2c2c1CCCC2. The third kappa shape index (κ3) is 1.58. The van der Waals surface area contributed by atoms with Crippen LogP contribution in [0.15, 0.2) is 25.8 Å². The molecule has 4 nitrogen and oxygen atoms in total. The van der Waals surface area contributed by atoms with Gasteiger partial charge in [0.05, 0.1) is 5.52 Å². The van der Waals surface area contributed by atoms with Gasteiger partial charge in [-0.3, -0.25) is 0 Å². The summed E-state index contributed by atoms with van der Waals surface area (Å²) < 4.78 is 10.8. The van der Waals surface area contributed by atoms with Gasteiger partial charge < -0.3 is 13.8 Å². The maximum Gasteiger partial charge on any atom is 0.339 e. The molecule has 2 heterocycles. The fourth-order valence-corrected chi connectivity index (χ4v) is 3.09. The number of benzene rings is 1. The number of aromatic amines is 1. The molecule has 0 saturated heterocycles. The molecule has 0 amide bonds. The molecule has 4 rings (SSSR count). The molecule has 0 bridgehead atoms. The molecule has 0 atom stereocenters. The van der Waals surface area contributed by atoms with Crippen LogP contribution < -0.4 is 5.63 Å². The monoisotopic (exact) mass is 273 g/mol. The van der Waals surface area contributed by atoms with Gasteiger partial charge in [-0.1, -0.05) is 0 Å². The Balaban J connectivity index is 2.20. The molecule has 5 heteroatoms. The van der Waals surface area contributed by atoms with Gasteiger partial charge >= 0.3 is 5.63 Å². The molecule has 1 N–H and O–H groups in total. The number of aryl methyl sites for hydroxylation is 1. The Hall–Kier alpha value is -1.88. The van der Waals surface area contributed by atoms with Crippen LogP contribution in [-0.2, 0) is 12.8 Å². The number of hydrogen-bond acceptors (Lipinski definition) is 4. The van der Waals surface area contributed by atoms with Gasteiger partial charge in [-0.2, -0.15) is 0 Å². The predicted octanol–water partition coefficient (Wildman–Crippen LogP) is 3.48. The van der Waals surface area contributed by atoms with Crippen LogP contribution in [0.2, 0.25) is 0 Å². The fourth-order valence-electron chi connectivity index (χ4n) is 2.89. The fraction of sp³-hybridized carbons (Fsp3) is 0.286. The van der Waals surface area contributed by atoms with Crippen molar-refractivity contribution in [1.29, 1.82) is 0 Å². The first-order valence-electron chi connectivity index (χ1n) is 6.34. The number of fused-ring (bicyclic) bond motifs is 4. The highest BCUT2D eigenvalue weighted by Crippen LogP contribution is 2.29. The number of aromatic nitrogens is 1. The van der Waals surface area contributed by atoms with E-state index in [0.29, 0.717) is 16.0 Å². The van der Waals surface area contributed by atoms with Crippen LogP contribution in [0.3, 0.4) is 0 Å². The van der Waals surface area contributed by atoms with Gasteiger partial charge in [0.2, 0.25) is 0 Å². The van der Waals surface area contributed by atoms with E-state index in [9.17, 15) is 4.79 Å². The second-order valence-corrected chi connectivity index (χ2v) is 5.28. The Morgan fingerprint density at radius 1 is 1.05 bits per heavy atom. The average Bonchev–Trinajstić information content (AvgIpc) is 2.76. The Morgan fingerprint density at radius 3 is 2.68 bits per heavy atom. The second-order valence-electron chi connectivity index (χ2n) is 4.91. The lowest BCUT2D eigenvalue weighted by Crippen LogP contribution is -2.15. The summed E-state index contributed by atoms with van der Waals surface area (Å²) in [6, 6.07) is 3.71. The Bertz CT molecular complexity index is 916. The molecule has 96 valence electrons. The number of oxazole rings is 1. The minimum absolute atomic E-state index is 0.212. The van der Waals surface area contributed by atoms with Crippen LogP contribution in [0.25, 0.3) is 22.1 Å². The van der Waals surface area contributed by atoms with Crippen molar-refractivity contribution in [1.82, 2.24) is 4.98 Å². The van der Waals surface area contributed by atoms with E-state index in [2.05, 4.69) is 4.98 Å². The van der Waals surface area contributed by atoms with Gasteiger partial charge in [0.1, 0.15) is 5.58 Å². The normalized spacial score (nSPS) is 14.9. The molecule has 2 aromatic heterocycles. The number of hydrogen-bond donors (Lipinski definition) is 1. The van der Waals surface area contributed by atoms with Crippen molar-refractivity contribution < 1.29 is 8.83 Å². The lowest BCUT2D eigenvalue weighted by Gasteiger charge is -2.15. The van der Waals surface area contributed by atoms with Crippen LogP contribution in [0.1, 0.15) is 24.0 Å². The van der Waals surface area contributed by atoms with Crippen molar-refractivity contribution in [3.05, 3.63) is 38.5 Å². The van der Waals surface area contributed by atoms with E-state index < -0.39 is 0 Å². The lowest BCUT2D eigenvalue weighted by molar-refractivity contribution is 0.532. The van der Waals surface area contributed by atoms with Crippen molar-refractivity contribution >= 4 is 34.3 Å². The van der Waals surface area contributed by atoms with E-state index in [4.69, 9.17) is 21.1 Å². The minimum Gasteiger partial charge on any atom is -0.429 e. The molecule has 3 aromatic rings. The number of nitrogens with one attached hydrogen (secondary N) is 1. The van der Waals surface area contributed by atoms with E-state index in [1.54, 1.807) is 6.07 Å². The van der Waals surface area contributed by atoms with Gasteiger partial charge in [-0.05, 0) is 49.5 Å². The van der Waals surface area contributed by atoms with E-state index in [0.717, 1.165) is 47.7 Å². The molecule has 1 aliphatic carbocycles. The summed E-state index contributed by atoms with van der Waals surface area (Å²) in [5.41, 5.74) is 3.79. The summed E-state index contributed by atoms with van der Waals surface area (Å²) in [6.45, 7) is 0. The standard InChI is InChI=1S/C14H11NO3S/c16-13-8-4-2-1-3-7(8)9-5-10-12(6-11(9)17-13)18-14(19)15-10/h5-6H,1-4H2,(H,15,19). The quantitative estimate of drug-likeness (QED) is 0.503. The summed E-state index contributed by atoms with van der Waals surface area (Å²) in [4.78, 5) is 15.3. The Labute approximate surface area is 113 Å². The van der Waals surface area contributed by atoms with Gasteiger partial charge in [0, 0.05) is 17.0 Å². The second kappa shape index (κ2) is 3.81. The summed E-state index contributed by atoms with van der Waals surface area (Å²) in [6.07, 6.45) is 3.92. The van der Waals surface area contributed by atoms with Gasteiger partial charge in [-0.15, -0.1) is 0 Å². The van der Waals surface area contributed by atoms with E-state index >= 15 is 0 Å². The number of rotatable bonds is 0. The van der Waals surface area contributed by atoms with E-state index in [1.165, 1.54) is 0 Å². The summed E-state index contributed by atoms with van der Waals surface area (Å²) in [5.74, 6) is 0. The van der Waals surface area contributed by atoms with Crippen LogP contribution >= 0.6 is 12.2 Å². The van der Waals surface area contributed by atoms with E-state index in [-0.39, 0.29) is 5.63 Å². The van der Waals surface area contributed by atoms with Crippen molar-refractivity contribution in [2.45, 2.75) is 25.7 Å². The highest BCUT2D eigenvalue weighted by Gasteiger charge is 2.18. The zero-order valence-electron chi connectivity index (χ0n) is 10.1. The zero-order chi connectivity index (χ0) is 13.0. The maximum atomic E-state index is 12.0. The maximum absolute atomic E-state index is 12.0. The molecule has 0 spiro atoms. The van der Waals surface area contributed by atoms with Gasteiger partial charge in [-0.25, -0.2) is 4.79 Å². The van der Waals surface area contributed by atoms with Gasteiger partial charge in [0.15, 0.2) is 5.58 Å². The van der Waals surface area contributed by atoms with E-state index in [1.807, 2.05) is 6.07 Å². The molecule has 0 radical (unpaired) electrons. The predicted molar refractivity (Wildman–Crippen MR) is 74.1 cm³/mol. The molecule has 0 saturated carbocycles. The first-order chi connectivity index (χ1) is 9.22. The number of H-pyrrole nitrogens is 1. The minimum atomic E-state index is -0.212. The van der Waals surface area contributed by atoms with Crippen molar-refractivity contribution in [2.75, 3.05) is 0 Å². The van der Waals surface area contributed by atoms with Crippen molar-refractivity contribution in [2.24, 2.45) is 0 Å².